The molecule has 2 nitrogen and oxygen atoms in total. The number of hydrogen-bond acceptors (Lipinski definition) is 1. The zero-order valence-corrected chi connectivity index (χ0v) is 10.7. The van der Waals surface area contributed by atoms with E-state index in [1.807, 2.05) is 0 Å². The third-order valence-electron chi connectivity index (χ3n) is 3.06. The normalized spacial score (nSPS) is 35.4. The van der Waals surface area contributed by atoms with Gasteiger partial charge in [0.2, 0.25) is 0 Å². The molecule has 4 N–H and O–H groups in total. The smallest absolute Gasteiger partial charge is 0.0133 e. The van der Waals surface area contributed by atoms with Crippen molar-refractivity contribution in [1.82, 2.24) is 0 Å². The van der Waals surface area contributed by atoms with Crippen LogP contribution in [0.2, 0.25) is 0 Å². The van der Waals surface area contributed by atoms with E-state index in [0.29, 0.717) is 5.41 Å². The van der Waals surface area contributed by atoms with Gasteiger partial charge < -0.3 is 11.2 Å². The van der Waals surface area contributed by atoms with Crippen molar-refractivity contribution < 1.29 is 5.48 Å². The minimum absolute atomic E-state index is 0. The highest BCUT2D eigenvalue weighted by atomic mass is 35.5. The molecule has 0 heterocycles. The predicted molar refractivity (Wildman–Crippen MR) is 64.9 cm³/mol. The Hall–Kier alpha value is 0.210. The molecule has 1 rings (SSSR count). The van der Waals surface area contributed by atoms with Gasteiger partial charge in [0.15, 0.2) is 0 Å². The lowest BCUT2D eigenvalue weighted by atomic mass is 9.64. The van der Waals surface area contributed by atoms with Gasteiger partial charge in [-0.25, -0.2) is 0 Å². The first-order valence-corrected chi connectivity index (χ1v) is 5.13. The molecule has 0 aromatic heterocycles. The topological polar surface area (TPSA) is 57.5 Å². The Morgan fingerprint density at radius 2 is 1.71 bits per heavy atom. The van der Waals surface area contributed by atoms with Crippen LogP contribution in [-0.2, 0) is 0 Å². The second-order valence-electron chi connectivity index (χ2n) is 5.68. The number of halogens is 1. The minimum atomic E-state index is 0. The van der Waals surface area contributed by atoms with Gasteiger partial charge in [0, 0.05) is 5.54 Å². The Bertz CT molecular complexity index is 153. The van der Waals surface area contributed by atoms with Crippen molar-refractivity contribution in [3.8, 4) is 0 Å². The summed E-state index contributed by atoms with van der Waals surface area (Å²) in [4.78, 5) is 0. The molecule has 1 fully saturated rings. The van der Waals surface area contributed by atoms with E-state index in [-0.39, 0.29) is 23.4 Å². The highest BCUT2D eigenvalue weighted by molar-refractivity contribution is 5.85. The van der Waals surface area contributed by atoms with Crippen molar-refractivity contribution in [2.24, 2.45) is 17.1 Å². The van der Waals surface area contributed by atoms with Crippen LogP contribution in [0.15, 0.2) is 0 Å². The molecule has 2 atom stereocenters. The van der Waals surface area contributed by atoms with E-state index < -0.39 is 0 Å². The fraction of sp³-hybridized carbons (Fsp3) is 1.00. The zero-order valence-electron chi connectivity index (χ0n) is 9.89. The molecule has 0 aromatic carbocycles. The summed E-state index contributed by atoms with van der Waals surface area (Å²) in [6.45, 7) is 9.18. The van der Waals surface area contributed by atoms with Crippen LogP contribution in [0.5, 0.6) is 0 Å². The molecule has 0 aromatic rings. The van der Waals surface area contributed by atoms with Crippen molar-refractivity contribution in [3.05, 3.63) is 0 Å². The maximum absolute atomic E-state index is 6.22. The predicted octanol–water partition coefficient (Wildman–Crippen LogP) is 2.54. The highest BCUT2D eigenvalue weighted by Gasteiger charge is 2.37. The molecule has 1 aliphatic carbocycles. The highest BCUT2D eigenvalue weighted by Crippen LogP contribution is 2.43. The summed E-state index contributed by atoms with van der Waals surface area (Å²) in [5, 5.41) is 0. The molecule has 1 saturated carbocycles. The molecule has 1 aliphatic rings. The largest absolute Gasteiger partial charge is 0.412 e. The maximum atomic E-state index is 6.22. The van der Waals surface area contributed by atoms with E-state index in [9.17, 15) is 0 Å². The number of hydrogen-bond donors (Lipinski definition) is 1. The molecule has 3 heteroatoms. The summed E-state index contributed by atoms with van der Waals surface area (Å²) in [7, 11) is 0. The Kier molecular flexibility index (Phi) is 6.34. The van der Waals surface area contributed by atoms with Crippen molar-refractivity contribution in [3.63, 3.8) is 0 Å². The lowest BCUT2D eigenvalue weighted by Crippen LogP contribution is -2.47. The van der Waals surface area contributed by atoms with Crippen LogP contribution in [0.1, 0.15) is 53.4 Å². The standard InChI is InChI=1S/C11H23N.ClH.H2O/c1-5-9-6-10(2,3)8-11(4,12)7-9;;/h9H,5-8,12H2,1-4H3;1H;1H2. The average molecular weight is 224 g/mol. The van der Waals surface area contributed by atoms with Crippen LogP contribution in [0.4, 0.5) is 0 Å². The van der Waals surface area contributed by atoms with Crippen LogP contribution < -0.4 is 5.73 Å². The van der Waals surface area contributed by atoms with Gasteiger partial charge in [0.05, 0.1) is 0 Å². The fourth-order valence-electron chi connectivity index (χ4n) is 3.04. The summed E-state index contributed by atoms with van der Waals surface area (Å²) in [5.74, 6) is 0.851. The summed E-state index contributed by atoms with van der Waals surface area (Å²) in [6.07, 6.45) is 5.04. The molecule has 0 spiro atoms. The van der Waals surface area contributed by atoms with Gasteiger partial charge in [-0.05, 0) is 37.5 Å². The molecule has 14 heavy (non-hydrogen) atoms. The lowest BCUT2D eigenvalue weighted by Gasteiger charge is -2.44. The molecule has 0 amide bonds. The summed E-state index contributed by atoms with van der Waals surface area (Å²) in [6, 6.07) is 0. The van der Waals surface area contributed by atoms with Crippen molar-refractivity contribution in [2.75, 3.05) is 0 Å². The molecule has 0 radical (unpaired) electrons. The van der Waals surface area contributed by atoms with Crippen molar-refractivity contribution in [2.45, 2.75) is 58.9 Å². The van der Waals surface area contributed by atoms with Crippen LogP contribution in [0, 0.1) is 11.3 Å². The monoisotopic (exact) mass is 223 g/mol. The van der Waals surface area contributed by atoms with Gasteiger partial charge in [-0.2, -0.15) is 0 Å². The molecular formula is C11H26ClNO. The maximum Gasteiger partial charge on any atom is 0.0133 e. The summed E-state index contributed by atoms with van der Waals surface area (Å²) in [5.41, 5.74) is 6.77. The SMILES string of the molecule is CCC1CC(C)(C)CC(C)(N)C1.Cl.O. The van der Waals surface area contributed by atoms with E-state index in [1.165, 1.54) is 25.7 Å². The van der Waals surface area contributed by atoms with Crippen molar-refractivity contribution in [1.29, 1.82) is 0 Å². The Labute approximate surface area is 94.4 Å². The Morgan fingerprint density at radius 3 is 2.07 bits per heavy atom. The molecular weight excluding hydrogens is 198 g/mol. The summed E-state index contributed by atoms with van der Waals surface area (Å²) < 4.78 is 0. The van der Waals surface area contributed by atoms with Gasteiger partial charge in [-0.1, -0.05) is 27.2 Å². The van der Waals surface area contributed by atoms with Gasteiger partial charge in [0.25, 0.3) is 0 Å². The third-order valence-corrected chi connectivity index (χ3v) is 3.06. The second kappa shape index (κ2) is 5.34. The quantitative estimate of drug-likeness (QED) is 0.730. The third kappa shape index (κ3) is 4.63. The van der Waals surface area contributed by atoms with E-state index in [0.717, 1.165) is 5.92 Å². The summed E-state index contributed by atoms with van der Waals surface area (Å²) >= 11 is 0. The molecule has 88 valence electrons. The first-order valence-electron chi connectivity index (χ1n) is 5.13. The molecule has 0 saturated heterocycles. The number of rotatable bonds is 1. The Balaban J connectivity index is 0. The molecule has 0 bridgehead atoms. The van der Waals surface area contributed by atoms with Crippen LogP contribution >= 0.6 is 12.4 Å². The van der Waals surface area contributed by atoms with E-state index in [1.54, 1.807) is 0 Å². The fourth-order valence-corrected chi connectivity index (χ4v) is 3.04. The second-order valence-corrected chi connectivity index (χ2v) is 5.68. The van der Waals surface area contributed by atoms with Gasteiger partial charge in [-0.15, -0.1) is 12.4 Å². The van der Waals surface area contributed by atoms with Gasteiger partial charge in [-0.3, -0.25) is 0 Å². The lowest BCUT2D eigenvalue weighted by molar-refractivity contribution is 0.108. The number of nitrogens with two attached hydrogens (primary N) is 1. The molecule has 2 unspecified atom stereocenters. The molecule has 0 aliphatic heterocycles. The van der Waals surface area contributed by atoms with Gasteiger partial charge in [0.1, 0.15) is 0 Å². The van der Waals surface area contributed by atoms with E-state index in [4.69, 9.17) is 5.73 Å². The first kappa shape index (κ1) is 16.6. The Morgan fingerprint density at radius 1 is 1.21 bits per heavy atom. The van der Waals surface area contributed by atoms with E-state index in [2.05, 4.69) is 27.7 Å². The van der Waals surface area contributed by atoms with E-state index >= 15 is 0 Å². The van der Waals surface area contributed by atoms with Crippen LogP contribution in [-0.4, -0.2) is 11.0 Å². The van der Waals surface area contributed by atoms with Crippen molar-refractivity contribution >= 4 is 12.4 Å². The van der Waals surface area contributed by atoms with Gasteiger partial charge >= 0.3 is 0 Å². The van der Waals surface area contributed by atoms with Crippen LogP contribution in [0.3, 0.4) is 0 Å². The zero-order chi connectivity index (χ0) is 9.41. The first-order chi connectivity index (χ1) is 5.35. The minimum Gasteiger partial charge on any atom is -0.412 e. The van der Waals surface area contributed by atoms with Crippen LogP contribution in [0.25, 0.3) is 0 Å². The average Bonchev–Trinajstić information content (AvgIpc) is 1.80.